The number of carboxylic acids is 1. The first kappa shape index (κ1) is 13.5. The summed E-state index contributed by atoms with van der Waals surface area (Å²) in [5.41, 5.74) is -1.01. The van der Waals surface area contributed by atoms with Crippen LogP contribution in [-0.2, 0) is 4.79 Å². The Morgan fingerprint density at radius 1 is 1.28 bits per heavy atom. The quantitative estimate of drug-likeness (QED) is 0.726. The van der Waals surface area contributed by atoms with Crippen LogP contribution in [0.4, 0.5) is 4.79 Å². The molecule has 102 valence electrons. The van der Waals surface area contributed by atoms with Gasteiger partial charge in [0.2, 0.25) is 0 Å². The molecule has 0 bridgehead atoms. The topological polar surface area (TPSA) is 78.4 Å². The molecule has 0 aromatic heterocycles. The standard InChI is InChI=1S/C12H20N2O3S/c15-10(16)12(5-3-6-12)14-11(17)13-8-9-4-1-2-7-18-9/h9H,1-8H2,(H,15,16)(H2,13,14,17). The minimum absolute atomic E-state index is 0.344. The third-order valence-corrected chi connectivity index (χ3v) is 5.13. The van der Waals surface area contributed by atoms with Crippen molar-refractivity contribution < 1.29 is 14.7 Å². The zero-order valence-corrected chi connectivity index (χ0v) is 11.2. The van der Waals surface area contributed by atoms with E-state index in [2.05, 4.69) is 10.6 Å². The van der Waals surface area contributed by atoms with E-state index in [1.807, 2.05) is 11.8 Å². The first-order valence-electron chi connectivity index (χ1n) is 6.53. The van der Waals surface area contributed by atoms with Gasteiger partial charge in [-0.05, 0) is 37.9 Å². The van der Waals surface area contributed by atoms with Crippen molar-refractivity contribution >= 4 is 23.8 Å². The number of hydrogen-bond acceptors (Lipinski definition) is 3. The lowest BCUT2D eigenvalue weighted by molar-refractivity contribution is -0.148. The molecule has 1 heterocycles. The van der Waals surface area contributed by atoms with Crippen molar-refractivity contribution in [2.24, 2.45) is 0 Å². The molecular weight excluding hydrogens is 252 g/mol. The van der Waals surface area contributed by atoms with Crippen LogP contribution in [0.25, 0.3) is 0 Å². The Balaban J connectivity index is 1.73. The predicted octanol–water partition coefficient (Wildman–Crippen LogP) is 1.58. The molecule has 2 amide bonds. The summed E-state index contributed by atoms with van der Waals surface area (Å²) in [5.74, 6) is 0.239. The molecule has 2 fully saturated rings. The van der Waals surface area contributed by atoms with Gasteiger partial charge in [-0.1, -0.05) is 6.42 Å². The van der Waals surface area contributed by atoms with E-state index in [9.17, 15) is 9.59 Å². The second-order valence-electron chi connectivity index (χ2n) is 5.06. The van der Waals surface area contributed by atoms with E-state index in [0.29, 0.717) is 24.6 Å². The average Bonchev–Trinajstić information content (AvgIpc) is 2.32. The lowest BCUT2D eigenvalue weighted by Gasteiger charge is -2.38. The molecule has 2 rings (SSSR count). The number of rotatable bonds is 4. The number of thioether (sulfide) groups is 1. The third-order valence-electron chi connectivity index (χ3n) is 3.73. The lowest BCUT2D eigenvalue weighted by Crippen LogP contribution is -2.61. The summed E-state index contributed by atoms with van der Waals surface area (Å²) in [5, 5.41) is 15.0. The Morgan fingerprint density at radius 3 is 2.56 bits per heavy atom. The number of urea groups is 1. The van der Waals surface area contributed by atoms with Gasteiger partial charge in [0.1, 0.15) is 5.54 Å². The number of aliphatic carboxylic acids is 1. The van der Waals surface area contributed by atoms with Gasteiger partial charge in [-0.25, -0.2) is 9.59 Å². The molecule has 1 atom stereocenters. The molecular formula is C12H20N2O3S. The summed E-state index contributed by atoms with van der Waals surface area (Å²) in [7, 11) is 0. The summed E-state index contributed by atoms with van der Waals surface area (Å²) in [4.78, 5) is 22.8. The largest absolute Gasteiger partial charge is 0.480 e. The molecule has 18 heavy (non-hydrogen) atoms. The highest BCUT2D eigenvalue weighted by Crippen LogP contribution is 2.32. The number of carbonyl (C=O) groups is 2. The number of carboxylic acid groups (broad SMARTS) is 1. The molecule has 6 heteroatoms. The SMILES string of the molecule is O=C(NCC1CCCCS1)NC1(C(=O)O)CCC1. The van der Waals surface area contributed by atoms with Gasteiger partial charge in [0.15, 0.2) is 0 Å². The lowest BCUT2D eigenvalue weighted by atomic mass is 9.77. The summed E-state index contributed by atoms with van der Waals surface area (Å²) >= 11 is 1.89. The Hall–Kier alpha value is -0.910. The zero-order valence-electron chi connectivity index (χ0n) is 10.4. The Bertz CT molecular complexity index is 325. The monoisotopic (exact) mass is 272 g/mol. The fourth-order valence-corrected chi connectivity index (χ4v) is 3.60. The second kappa shape index (κ2) is 5.82. The van der Waals surface area contributed by atoms with Crippen LogP contribution in [0.15, 0.2) is 0 Å². The van der Waals surface area contributed by atoms with Gasteiger partial charge in [-0.2, -0.15) is 11.8 Å². The number of amides is 2. The molecule has 1 saturated heterocycles. The summed E-state index contributed by atoms with van der Waals surface area (Å²) in [6.45, 7) is 0.631. The van der Waals surface area contributed by atoms with Gasteiger partial charge in [-0.15, -0.1) is 0 Å². The molecule has 1 aliphatic carbocycles. The first-order chi connectivity index (χ1) is 8.62. The van der Waals surface area contributed by atoms with E-state index >= 15 is 0 Å². The third kappa shape index (κ3) is 3.10. The van der Waals surface area contributed by atoms with Crippen LogP contribution in [0.2, 0.25) is 0 Å². The molecule has 0 spiro atoms. The number of carbonyl (C=O) groups excluding carboxylic acids is 1. The average molecular weight is 272 g/mol. The van der Waals surface area contributed by atoms with E-state index in [1.165, 1.54) is 12.8 Å². The van der Waals surface area contributed by atoms with Gasteiger partial charge in [0.05, 0.1) is 0 Å². The van der Waals surface area contributed by atoms with E-state index in [1.54, 1.807) is 0 Å². The Labute approximate surface area is 111 Å². The maximum atomic E-state index is 11.7. The summed E-state index contributed by atoms with van der Waals surface area (Å²) < 4.78 is 0. The highest BCUT2D eigenvalue weighted by molar-refractivity contribution is 7.99. The van der Waals surface area contributed by atoms with Crippen molar-refractivity contribution in [1.82, 2.24) is 10.6 Å². The van der Waals surface area contributed by atoms with E-state index in [4.69, 9.17) is 5.11 Å². The first-order valence-corrected chi connectivity index (χ1v) is 7.58. The number of nitrogens with one attached hydrogen (secondary N) is 2. The van der Waals surface area contributed by atoms with Gasteiger partial charge in [0, 0.05) is 11.8 Å². The fraction of sp³-hybridized carbons (Fsp3) is 0.833. The van der Waals surface area contributed by atoms with E-state index in [0.717, 1.165) is 18.6 Å². The van der Waals surface area contributed by atoms with Crippen molar-refractivity contribution in [3.05, 3.63) is 0 Å². The van der Waals surface area contributed by atoms with E-state index < -0.39 is 11.5 Å². The smallest absolute Gasteiger partial charge is 0.329 e. The molecule has 5 nitrogen and oxygen atoms in total. The Kier molecular flexibility index (Phi) is 4.37. The molecule has 0 aromatic rings. The highest BCUT2D eigenvalue weighted by atomic mass is 32.2. The van der Waals surface area contributed by atoms with Gasteiger partial charge in [-0.3, -0.25) is 0 Å². The van der Waals surface area contributed by atoms with Crippen LogP contribution in [-0.4, -0.2) is 40.2 Å². The van der Waals surface area contributed by atoms with Crippen LogP contribution in [0, 0.1) is 0 Å². The van der Waals surface area contributed by atoms with E-state index in [-0.39, 0.29) is 6.03 Å². The summed E-state index contributed by atoms with van der Waals surface area (Å²) in [6.07, 6.45) is 5.55. The van der Waals surface area contributed by atoms with Crippen molar-refractivity contribution in [2.45, 2.75) is 49.3 Å². The van der Waals surface area contributed by atoms with Crippen molar-refractivity contribution in [3.63, 3.8) is 0 Å². The van der Waals surface area contributed by atoms with Gasteiger partial charge >= 0.3 is 12.0 Å². The zero-order chi connectivity index (χ0) is 13.0. The van der Waals surface area contributed by atoms with Crippen LogP contribution >= 0.6 is 11.8 Å². The van der Waals surface area contributed by atoms with Crippen molar-refractivity contribution in [1.29, 1.82) is 0 Å². The normalized spacial score (nSPS) is 25.9. The summed E-state index contributed by atoms with van der Waals surface area (Å²) in [6, 6.07) is -0.344. The number of hydrogen-bond donors (Lipinski definition) is 3. The van der Waals surface area contributed by atoms with Crippen molar-refractivity contribution in [2.75, 3.05) is 12.3 Å². The van der Waals surface area contributed by atoms with Crippen LogP contribution in [0.5, 0.6) is 0 Å². The molecule has 2 aliphatic rings. The molecule has 0 radical (unpaired) electrons. The molecule has 1 aliphatic heterocycles. The second-order valence-corrected chi connectivity index (χ2v) is 6.47. The van der Waals surface area contributed by atoms with Crippen LogP contribution in [0.3, 0.4) is 0 Å². The molecule has 0 aromatic carbocycles. The Morgan fingerprint density at radius 2 is 2.06 bits per heavy atom. The molecule has 3 N–H and O–H groups in total. The highest BCUT2D eigenvalue weighted by Gasteiger charge is 2.45. The fourth-order valence-electron chi connectivity index (χ4n) is 2.36. The minimum atomic E-state index is -1.01. The maximum absolute atomic E-state index is 11.7. The molecule has 1 unspecified atom stereocenters. The minimum Gasteiger partial charge on any atom is -0.480 e. The van der Waals surface area contributed by atoms with Crippen LogP contribution in [0.1, 0.15) is 38.5 Å². The van der Waals surface area contributed by atoms with Crippen LogP contribution < -0.4 is 10.6 Å². The van der Waals surface area contributed by atoms with Gasteiger partial charge in [0.25, 0.3) is 0 Å². The predicted molar refractivity (Wildman–Crippen MR) is 70.8 cm³/mol. The van der Waals surface area contributed by atoms with Crippen molar-refractivity contribution in [3.8, 4) is 0 Å². The van der Waals surface area contributed by atoms with Gasteiger partial charge < -0.3 is 15.7 Å². The maximum Gasteiger partial charge on any atom is 0.329 e. The molecule has 1 saturated carbocycles.